The van der Waals surface area contributed by atoms with Gasteiger partial charge in [-0.2, -0.15) is 9.61 Å². The van der Waals surface area contributed by atoms with E-state index in [0.717, 1.165) is 55.5 Å². The Morgan fingerprint density at radius 2 is 2.10 bits per heavy atom. The van der Waals surface area contributed by atoms with Crippen molar-refractivity contribution in [3.63, 3.8) is 0 Å². The average molecular weight is 274 g/mol. The largest absolute Gasteiger partial charge is 0.381 e. The third-order valence-electron chi connectivity index (χ3n) is 4.09. The summed E-state index contributed by atoms with van der Waals surface area (Å²) in [5, 5.41) is 8.20. The van der Waals surface area contributed by atoms with Crippen LogP contribution in [0, 0.1) is 13.8 Å². The lowest BCUT2D eigenvalue weighted by Crippen LogP contribution is -2.14. The molecular weight excluding hydrogens is 252 g/mol. The van der Waals surface area contributed by atoms with E-state index in [2.05, 4.69) is 37.1 Å². The molecule has 0 radical (unpaired) electrons. The monoisotopic (exact) mass is 274 g/mol. The van der Waals surface area contributed by atoms with Crippen LogP contribution in [0.25, 0.3) is 5.65 Å². The first-order chi connectivity index (χ1) is 9.70. The molecule has 0 saturated carbocycles. The summed E-state index contributed by atoms with van der Waals surface area (Å²) in [7, 11) is 0. The van der Waals surface area contributed by atoms with Gasteiger partial charge in [0, 0.05) is 43.0 Å². The number of hydrogen-bond donors (Lipinski definition) is 1. The highest BCUT2D eigenvalue weighted by molar-refractivity contribution is 5.55. The van der Waals surface area contributed by atoms with Gasteiger partial charge in [0.05, 0.1) is 5.69 Å². The van der Waals surface area contributed by atoms with Crippen LogP contribution in [-0.4, -0.2) is 34.4 Å². The van der Waals surface area contributed by atoms with Crippen molar-refractivity contribution in [3.8, 4) is 0 Å². The summed E-state index contributed by atoms with van der Waals surface area (Å²) in [4.78, 5) is 4.66. The summed E-state index contributed by atoms with van der Waals surface area (Å²) in [5.41, 5.74) is 4.31. The Kier molecular flexibility index (Phi) is 3.61. The second-order valence-corrected chi connectivity index (χ2v) is 5.43. The number of nitrogens with one attached hydrogen (secondary N) is 1. The van der Waals surface area contributed by atoms with Crippen LogP contribution < -0.4 is 5.32 Å². The van der Waals surface area contributed by atoms with Gasteiger partial charge in [0.15, 0.2) is 5.65 Å². The van der Waals surface area contributed by atoms with Gasteiger partial charge in [-0.1, -0.05) is 0 Å². The van der Waals surface area contributed by atoms with Crippen molar-refractivity contribution in [3.05, 3.63) is 23.0 Å². The van der Waals surface area contributed by atoms with Crippen LogP contribution >= 0.6 is 0 Å². The normalized spacial score (nSPS) is 16.8. The Labute approximate surface area is 119 Å². The quantitative estimate of drug-likeness (QED) is 0.935. The fourth-order valence-electron chi connectivity index (χ4n) is 2.79. The van der Waals surface area contributed by atoms with Crippen molar-refractivity contribution in [2.45, 2.75) is 39.5 Å². The predicted octanol–water partition coefficient (Wildman–Crippen LogP) is 2.67. The van der Waals surface area contributed by atoms with Crippen LogP contribution in [-0.2, 0) is 4.74 Å². The number of nitrogens with zero attached hydrogens (tertiary/aromatic N) is 3. The SMILES string of the molecule is CCNc1c(C)c(C)nc2cc(C3CCOCC3)nn12. The first-order valence-corrected chi connectivity index (χ1v) is 7.39. The molecule has 0 aliphatic carbocycles. The number of aryl methyl sites for hydroxylation is 1. The van der Waals surface area contributed by atoms with Gasteiger partial charge in [-0.15, -0.1) is 0 Å². The van der Waals surface area contributed by atoms with E-state index < -0.39 is 0 Å². The Morgan fingerprint density at radius 1 is 1.35 bits per heavy atom. The molecule has 108 valence electrons. The second-order valence-electron chi connectivity index (χ2n) is 5.43. The molecule has 3 heterocycles. The molecule has 1 aliphatic heterocycles. The minimum atomic E-state index is 0.500. The lowest BCUT2D eigenvalue weighted by atomic mass is 9.97. The maximum Gasteiger partial charge on any atom is 0.157 e. The maximum absolute atomic E-state index is 5.43. The minimum Gasteiger partial charge on any atom is -0.381 e. The first-order valence-electron chi connectivity index (χ1n) is 7.39. The standard InChI is InChI=1S/C15H22N4O/c1-4-16-15-10(2)11(3)17-14-9-13(18-19(14)15)12-5-7-20-8-6-12/h9,12,16H,4-8H2,1-3H3. The zero-order valence-electron chi connectivity index (χ0n) is 12.4. The Balaban J connectivity index is 2.07. The molecule has 1 saturated heterocycles. The van der Waals surface area contributed by atoms with Gasteiger partial charge in [-0.05, 0) is 33.6 Å². The van der Waals surface area contributed by atoms with E-state index in [4.69, 9.17) is 9.84 Å². The van der Waals surface area contributed by atoms with Crippen LogP contribution in [0.1, 0.15) is 42.6 Å². The molecule has 0 unspecified atom stereocenters. The smallest absolute Gasteiger partial charge is 0.157 e. The van der Waals surface area contributed by atoms with Crippen LogP contribution in [0.4, 0.5) is 5.82 Å². The molecule has 2 aromatic rings. The Morgan fingerprint density at radius 3 is 2.80 bits per heavy atom. The number of fused-ring (bicyclic) bond motifs is 1. The third kappa shape index (κ3) is 2.26. The Hall–Kier alpha value is -1.62. The Bertz CT molecular complexity index is 614. The van der Waals surface area contributed by atoms with Gasteiger partial charge in [0.25, 0.3) is 0 Å². The lowest BCUT2D eigenvalue weighted by molar-refractivity contribution is 0.0844. The predicted molar refractivity (Wildman–Crippen MR) is 79.4 cm³/mol. The van der Waals surface area contributed by atoms with Gasteiger partial charge in [-0.3, -0.25) is 0 Å². The second kappa shape index (κ2) is 5.40. The molecule has 0 atom stereocenters. The molecule has 5 heteroatoms. The zero-order chi connectivity index (χ0) is 14.1. The van der Waals surface area contributed by atoms with E-state index >= 15 is 0 Å². The molecule has 0 spiro atoms. The van der Waals surface area contributed by atoms with Gasteiger partial charge < -0.3 is 10.1 Å². The van der Waals surface area contributed by atoms with Crippen molar-refractivity contribution in [2.75, 3.05) is 25.1 Å². The highest BCUT2D eigenvalue weighted by atomic mass is 16.5. The highest BCUT2D eigenvalue weighted by Gasteiger charge is 2.20. The number of hydrogen-bond acceptors (Lipinski definition) is 4. The number of ether oxygens (including phenoxy) is 1. The topological polar surface area (TPSA) is 51.5 Å². The van der Waals surface area contributed by atoms with Crippen LogP contribution in [0.5, 0.6) is 0 Å². The maximum atomic E-state index is 5.43. The molecule has 0 aromatic carbocycles. The molecule has 1 N–H and O–H groups in total. The van der Waals surface area contributed by atoms with Crippen molar-refractivity contribution in [1.82, 2.24) is 14.6 Å². The van der Waals surface area contributed by atoms with E-state index in [0.29, 0.717) is 5.92 Å². The third-order valence-corrected chi connectivity index (χ3v) is 4.09. The van der Waals surface area contributed by atoms with Crippen molar-refractivity contribution >= 4 is 11.5 Å². The first kappa shape index (κ1) is 13.4. The van der Waals surface area contributed by atoms with E-state index in [-0.39, 0.29) is 0 Å². The van der Waals surface area contributed by atoms with Gasteiger partial charge in [-0.25, -0.2) is 4.98 Å². The van der Waals surface area contributed by atoms with Crippen LogP contribution in [0.2, 0.25) is 0 Å². The van der Waals surface area contributed by atoms with Crippen LogP contribution in [0.15, 0.2) is 6.07 Å². The van der Waals surface area contributed by atoms with Gasteiger partial charge in [0.1, 0.15) is 5.82 Å². The van der Waals surface area contributed by atoms with Crippen LogP contribution in [0.3, 0.4) is 0 Å². The number of aromatic nitrogens is 3. The molecule has 0 amide bonds. The van der Waals surface area contributed by atoms with E-state index in [1.165, 1.54) is 5.56 Å². The van der Waals surface area contributed by atoms with E-state index in [1.54, 1.807) is 0 Å². The summed E-state index contributed by atoms with van der Waals surface area (Å²) >= 11 is 0. The molecular formula is C15H22N4O. The summed E-state index contributed by atoms with van der Waals surface area (Å²) in [6.45, 7) is 8.80. The van der Waals surface area contributed by atoms with E-state index in [1.807, 2.05) is 4.52 Å². The summed E-state index contributed by atoms with van der Waals surface area (Å²) < 4.78 is 7.39. The molecule has 2 aromatic heterocycles. The average Bonchev–Trinajstić information content (AvgIpc) is 2.88. The van der Waals surface area contributed by atoms with E-state index in [9.17, 15) is 0 Å². The lowest BCUT2D eigenvalue weighted by Gasteiger charge is -2.19. The number of anilines is 1. The summed E-state index contributed by atoms with van der Waals surface area (Å²) in [6.07, 6.45) is 2.11. The van der Waals surface area contributed by atoms with Crippen molar-refractivity contribution in [1.29, 1.82) is 0 Å². The van der Waals surface area contributed by atoms with Crippen molar-refractivity contribution < 1.29 is 4.74 Å². The molecule has 0 bridgehead atoms. The fraction of sp³-hybridized carbons (Fsp3) is 0.600. The summed E-state index contributed by atoms with van der Waals surface area (Å²) in [6, 6.07) is 2.13. The molecule has 20 heavy (non-hydrogen) atoms. The molecule has 5 nitrogen and oxygen atoms in total. The molecule has 1 aliphatic rings. The summed E-state index contributed by atoms with van der Waals surface area (Å²) in [5.74, 6) is 1.56. The molecule has 1 fully saturated rings. The fourth-order valence-corrected chi connectivity index (χ4v) is 2.79. The highest BCUT2D eigenvalue weighted by Crippen LogP contribution is 2.28. The molecule has 3 rings (SSSR count). The zero-order valence-corrected chi connectivity index (χ0v) is 12.4. The van der Waals surface area contributed by atoms with Crippen molar-refractivity contribution in [2.24, 2.45) is 0 Å². The number of rotatable bonds is 3. The van der Waals surface area contributed by atoms with Gasteiger partial charge >= 0.3 is 0 Å². The minimum absolute atomic E-state index is 0.500. The van der Waals surface area contributed by atoms with Gasteiger partial charge in [0.2, 0.25) is 0 Å².